The fourth-order valence-electron chi connectivity index (χ4n) is 2.53. The van der Waals surface area contributed by atoms with Gasteiger partial charge in [-0.15, -0.1) is 23.1 Å². The van der Waals surface area contributed by atoms with E-state index in [0.29, 0.717) is 17.2 Å². The number of nitrogens with one attached hydrogen (secondary N) is 1. The zero-order chi connectivity index (χ0) is 19.2. The average molecular weight is 400 g/mol. The molecule has 0 bridgehead atoms. The molecule has 1 atom stereocenters. The Morgan fingerprint density at radius 3 is 2.70 bits per heavy atom. The van der Waals surface area contributed by atoms with Crippen LogP contribution in [0.3, 0.4) is 0 Å². The lowest BCUT2D eigenvalue weighted by Gasteiger charge is -2.13. The SMILES string of the molecule is CCC(Sc1ccc(N)cc1)C(=O)Nc1nc(-c2ccccc2OC)cs1. The fourth-order valence-corrected chi connectivity index (χ4v) is 4.20. The van der Waals surface area contributed by atoms with E-state index in [1.807, 2.05) is 60.8 Å². The number of nitrogens with zero attached hydrogens (tertiary/aromatic N) is 1. The van der Waals surface area contributed by atoms with Gasteiger partial charge >= 0.3 is 0 Å². The molecule has 3 N–H and O–H groups in total. The van der Waals surface area contributed by atoms with Crippen LogP contribution in [-0.4, -0.2) is 23.3 Å². The smallest absolute Gasteiger partial charge is 0.239 e. The molecular weight excluding hydrogens is 378 g/mol. The minimum atomic E-state index is -0.202. The predicted molar refractivity (Wildman–Crippen MR) is 114 cm³/mol. The van der Waals surface area contributed by atoms with Crippen molar-refractivity contribution in [2.75, 3.05) is 18.2 Å². The molecule has 2 aromatic carbocycles. The van der Waals surface area contributed by atoms with Crippen LogP contribution >= 0.6 is 23.1 Å². The first-order chi connectivity index (χ1) is 13.1. The highest BCUT2D eigenvalue weighted by atomic mass is 32.2. The van der Waals surface area contributed by atoms with Gasteiger partial charge in [0.1, 0.15) is 5.75 Å². The van der Waals surface area contributed by atoms with Crippen molar-refractivity contribution in [2.24, 2.45) is 0 Å². The highest BCUT2D eigenvalue weighted by Crippen LogP contribution is 2.32. The Balaban J connectivity index is 1.70. The van der Waals surface area contributed by atoms with Crippen LogP contribution in [0, 0.1) is 0 Å². The third-order valence-electron chi connectivity index (χ3n) is 3.94. The fraction of sp³-hybridized carbons (Fsp3) is 0.200. The molecule has 1 unspecified atom stereocenters. The minimum absolute atomic E-state index is 0.0553. The van der Waals surface area contributed by atoms with Crippen molar-refractivity contribution >= 4 is 39.8 Å². The summed E-state index contributed by atoms with van der Waals surface area (Å²) in [7, 11) is 1.63. The summed E-state index contributed by atoms with van der Waals surface area (Å²) in [5.74, 6) is 0.700. The largest absolute Gasteiger partial charge is 0.496 e. The third kappa shape index (κ3) is 4.81. The molecule has 0 aliphatic heterocycles. The summed E-state index contributed by atoms with van der Waals surface area (Å²) < 4.78 is 5.39. The van der Waals surface area contributed by atoms with Gasteiger partial charge in [0, 0.05) is 21.5 Å². The number of thiazole rings is 1. The van der Waals surface area contributed by atoms with Crippen LogP contribution in [0.5, 0.6) is 5.75 Å². The van der Waals surface area contributed by atoms with Crippen molar-refractivity contribution in [2.45, 2.75) is 23.5 Å². The second kappa shape index (κ2) is 8.92. The van der Waals surface area contributed by atoms with Gasteiger partial charge in [-0.3, -0.25) is 4.79 Å². The number of rotatable bonds is 7. The van der Waals surface area contributed by atoms with Crippen molar-refractivity contribution in [3.8, 4) is 17.0 Å². The molecule has 0 saturated carbocycles. The molecule has 0 saturated heterocycles. The standard InChI is InChI=1S/C20H21N3O2S2/c1-3-18(27-14-10-8-13(21)9-11-14)19(24)23-20-22-16(12-26-20)15-6-4-5-7-17(15)25-2/h4-12,18H,3,21H2,1-2H3,(H,22,23,24). The molecule has 27 heavy (non-hydrogen) atoms. The summed E-state index contributed by atoms with van der Waals surface area (Å²) in [5.41, 5.74) is 8.12. The van der Waals surface area contributed by atoms with E-state index in [0.717, 1.165) is 21.9 Å². The lowest BCUT2D eigenvalue weighted by molar-refractivity contribution is -0.115. The van der Waals surface area contributed by atoms with Gasteiger partial charge in [0.15, 0.2) is 5.13 Å². The molecule has 7 heteroatoms. The highest BCUT2D eigenvalue weighted by molar-refractivity contribution is 8.00. The summed E-state index contributed by atoms with van der Waals surface area (Å²) >= 11 is 2.93. The molecule has 3 rings (SSSR count). The van der Waals surface area contributed by atoms with Crippen LogP contribution in [0.4, 0.5) is 10.8 Å². The number of carbonyl (C=O) groups is 1. The topological polar surface area (TPSA) is 77.2 Å². The van der Waals surface area contributed by atoms with E-state index in [-0.39, 0.29) is 11.2 Å². The molecule has 140 valence electrons. The van der Waals surface area contributed by atoms with Crippen LogP contribution in [0.25, 0.3) is 11.3 Å². The normalized spacial score (nSPS) is 11.8. The minimum Gasteiger partial charge on any atom is -0.496 e. The molecule has 5 nitrogen and oxygen atoms in total. The number of anilines is 2. The van der Waals surface area contributed by atoms with Crippen molar-refractivity contribution < 1.29 is 9.53 Å². The number of carbonyl (C=O) groups excluding carboxylic acids is 1. The number of para-hydroxylation sites is 1. The number of hydrogen-bond acceptors (Lipinski definition) is 6. The van der Waals surface area contributed by atoms with Gasteiger partial charge in [0.2, 0.25) is 5.91 Å². The lowest BCUT2D eigenvalue weighted by Crippen LogP contribution is -2.24. The molecular formula is C20H21N3O2S2. The first kappa shape index (κ1) is 19.3. The van der Waals surface area contributed by atoms with Crippen molar-refractivity contribution in [1.29, 1.82) is 0 Å². The van der Waals surface area contributed by atoms with E-state index in [9.17, 15) is 4.79 Å². The van der Waals surface area contributed by atoms with Crippen LogP contribution in [-0.2, 0) is 4.79 Å². The van der Waals surface area contributed by atoms with E-state index < -0.39 is 0 Å². The first-order valence-corrected chi connectivity index (χ1v) is 10.3. The van der Waals surface area contributed by atoms with Gasteiger partial charge in [-0.1, -0.05) is 19.1 Å². The quantitative estimate of drug-likeness (QED) is 0.436. The number of ether oxygens (including phenoxy) is 1. The number of nitrogen functional groups attached to an aromatic ring is 1. The van der Waals surface area contributed by atoms with Gasteiger partial charge in [-0.05, 0) is 42.8 Å². The zero-order valence-corrected chi connectivity index (χ0v) is 16.8. The summed E-state index contributed by atoms with van der Waals surface area (Å²) in [6, 6.07) is 15.2. The Kier molecular flexibility index (Phi) is 6.36. The Labute approximate surface area is 167 Å². The van der Waals surface area contributed by atoms with E-state index in [2.05, 4.69) is 10.3 Å². The summed E-state index contributed by atoms with van der Waals surface area (Å²) in [6.07, 6.45) is 0.714. The molecule has 0 fully saturated rings. The van der Waals surface area contributed by atoms with E-state index in [4.69, 9.17) is 10.5 Å². The summed E-state index contributed by atoms with van der Waals surface area (Å²) in [5, 5.41) is 5.23. The molecule has 3 aromatic rings. The number of hydrogen-bond donors (Lipinski definition) is 2. The average Bonchev–Trinajstić information content (AvgIpc) is 3.15. The van der Waals surface area contributed by atoms with Crippen LogP contribution in [0.2, 0.25) is 0 Å². The second-order valence-corrected chi connectivity index (χ2v) is 7.95. The van der Waals surface area contributed by atoms with Crippen LogP contribution in [0.15, 0.2) is 58.8 Å². The monoisotopic (exact) mass is 399 g/mol. The third-order valence-corrected chi connectivity index (χ3v) is 6.07. The number of benzene rings is 2. The van der Waals surface area contributed by atoms with Crippen molar-refractivity contribution in [1.82, 2.24) is 4.98 Å². The van der Waals surface area contributed by atoms with Gasteiger partial charge in [-0.25, -0.2) is 4.98 Å². The molecule has 1 amide bonds. The highest BCUT2D eigenvalue weighted by Gasteiger charge is 2.19. The maximum Gasteiger partial charge on any atom is 0.239 e. The Morgan fingerprint density at radius 2 is 2.00 bits per heavy atom. The van der Waals surface area contributed by atoms with Crippen molar-refractivity contribution in [3.05, 3.63) is 53.9 Å². The van der Waals surface area contributed by atoms with E-state index in [1.165, 1.54) is 23.1 Å². The van der Waals surface area contributed by atoms with Gasteiger partial charge in [0.25, 0.3) is 0 Å². The van der Waals surface area contributed by atoms with Crippen molar-refractivity contribution in [3.63, 3.8) is 0 Å². The molecule has 1 heterocycles. The number of nitrogens with two attached hydrogens (primary N) is 1. The second-order valence-electron chi connectivity index (χ2n) is 5.81. The Bertz CT molecular complexity index is 910. The van der Waals surface area contributed by atoms with E-state index in [1.54, 1.807) is 7.11 Å². The number of aromatic nitrogens is 1. The predicted octanol–water partition coefficient (Wildman–Crippen LogP) is 4.91. The summed E-state index contributed by atoms with van der Waals surface area (Å²) in [6.45, 7) is 2.00. The van der Waals surface area contributed by atoms with Gasteiger partial charge in [-0.2, -0.15) is 0 Å². The Hall–Kier alpha value is -2.51. The van der Waals surface area contributed by atoms with Gasteiger partial charge in [0.05, 0.1) is 18.1 Å². The molecule has 0 aliphatic rings. The lowest BCUT2D eigenvalue weighted by atomic mass is 10.1. The van der Waals surface area contributed by atoms with E-state index >= 15 is 0 Å². The molecule has 0 aliphatic carbocycles. The van der Waals surface area contributed by atoms with Gasteiger partial charge < -0.3 is 15.8 Å². The number of amides is 1. The Morgan fingerprint density at radius 1 is 1.26 bits per heavy atom. The van der Waals surface area contributed by atoms with Crippen LogP contribution in [0.1, 0.15) is 13.3 Å². The maximum absolute atomic E-state index is 12.7. The maximum atomic E-state index is 12.7. The zero-order valence-electron chi connectivity index (χ0n) is 15.1. The number of thioether (sulfide) groups is 1. The molecule has 0 radical (unpaired) electrons. The molecule has 0 spiro atoms. The molecule has 1 aromatic heterocycles. The summed E-state index contributed by atoms with van der Waals surface area (Å²) in [4.78, 5) is 18.2. The first-order valence-electron chi connectivity index (χ1n) is 8.52. The number of methoxy groups -OCH3 is 1. The van der Waals surface area contributed by atoms with Crippen LogP contribution < -0.4 is 15.8 Å².